The first kappa shape index (κ1) is 20.2. The molecule has 0 aliphatic heterocycles. The molecule has 0 aromatic carbocycles. The fraction of sp³-hybridized carbons (Fsp3) is 0.833. The van der Waals surface area contributed by atoms with Crippen molar-refractivity contribution in [1.82, 2.24) is 0 Å². The Hall–Kier alpha value is -0.830. The van der Waals surface area contributed by atoms with Gasteiger partial charge in [0.25, 0.3) is 0 Å². The molecular weight excluding hydrogens is 264 g/mol. The summed E-state index contributed by atoms with van der Waals surface area (Å²) in [6.07, 6.45) is 11.7. The fourth-order valence-electron chi connectivity index (χ4n) is 2.57. The number of aliphatic hydroxyl groups is 1. The Bertz CT molecular complexity index is 293. The maximum absolute atomic E-state index is 10.6. The highest BCUT2D eigenvalue weighted by atomic mass is 16.6. The Balaban J connectivity index is 3.30. The molecule has 0 radical (unpaired) electrons. The Kier molecular flexibility index (Phi) is 12.4. The van der Waals surface area contributed by atoms with Crippen LogP contribution in [0.2, 0.25) is 0 Å². The van der Waals surface area contributed by atoms with E-state index < -0.39 is 12.3 Å². The van der Waals surface area contributed by atoms with Gasteiger partial charge in [-0.25, -0.2) is 0 Å². The minimum atomic E-state index is -0.918. The zero-order chi connectivity index (χ0) is 16.1. The van der Waals surface area contributed by atoms with Crippen molar-refractivity contribution < 1.29 is 14.6 Å². The number of hydrogen-bond donors (Lipinski definition) is 1. The summed E-state index contributed by atoms with van der Waals surface area (Å²) in [5.41, 5.74) is 1.42. The van der Waals surface area contributed by atoms with E-state index in [1.165, 1.54) is 51.0 Å². The van der Waals surface area contributed by atoms with E-state index in [0.717, 1.165) is 12.8 Å². The summed E-state index contributed by atoms with van der Waals surface area (Å²) in [5.74, 6) is 0.294. The second-order valence-corrected chi connectivity index (χ2v) is 6.34. The summed E-state index contributed by atoms with van der Waals surface area (Å²) in [4.78, 5) is 10.6. The first-order valence-corrected chi connectivity index (χ1v) is 8.42. The second kappa shape index (κ2) is 12.9. The third-order valence-electron chi connectivity index (χ3n) is 3.53. The number of ether oxygens (including phenoxy) is 1. The van der Waals surface area contributed by atoms with Gasteiger partial charge in [-0.15, -0.1) is 0 Å². The van der Waals surface area contributed by atoms with Gasteiger partial charge in [0.1, 0.15) is 0 Å². The summed E-state index contributed by atoms with van der Waals surface area (Å²) in [5, 5.41) is 9.36. The largest absolute Gasteiger partial charge is 0.436 e. The van der Waals surface area contributed by atoms with Crippen LogP contribution in [-0.4, -0.2) is 17.4 Å². The molecule has 0 bridgehead atoms. The van der Waals surface area contributed by atoms with Crippen molar-refractivity contribution in [2.45, 2.75) is 91.8 Å². The molecule has 0 fully saturated rings. The number of esters is 1. The number of carbonyl (C=O) groups is 1. The highest BCUT2D eigenvalue weighted by Crippen LogP contribution is 2.15. The van der Waals surface area contributed by atoms with Gasteiger partial charge in [0, 0.05) is 13.3 Å². The molecule has 2 atom stereocenters. The first-order chi connectivity index (χ1) is 9.91. The second-order valence-electron chi connectivity index (χ2n) is 6.34. The minimum absolute atomic E-state index is 0.412. The molecule has 0 saturated carbocycles. The highest BCUT2D eigenvalue weighted by Gasteiger charge is 2.06. The molecule has 0 amide bonds. The van der Waals surface area contributed by atoms with Crippen molar-refractivity contribution >= 4 is 5.97 Å². The summed E-state index contributed by atoms with van der Waals surface area (Å²) >= 11 is 0. The number of carbonyl (C=O) groups excluding carboxylic acids is 1. The van der Waals surface area contributed by atoms with Crippen LogP contribution in [-0.2, 0) is 9.53 Å². The predicted molar refractivity (Wildman–Crippen MR) is 87.9 cm³/mol. The van der Waals surface area contributed by atoms with E-state index in [9.17, 15) is 9.90 Å². The van der Waals surface area contributed by atoms with E-state index in [2.05, 4.69) is 31.6 Å². The van der Waals surface area contributed by atoms with Gasteiger partial charge in [-0.2, -0.15) is 0 Å². The van der Waals surface area contributed by atoms with Gasteiger partial charge in [0.2, 0.25) is 6.29 Å². The van der Waals surface area contributed by atoms with Crippen LogP contribution in [0.3, 0.4) is 0 Å². The van der Waals surface area contributed by atoms with Crippen molar-refractivity contribution in [1.29, 1.82) is 0 Å². The third kappa shape index (κ3) is 15.4. The third-order valence-corrected chi connectivity index (χ3v) is 3.53. The molecule has 0 heterocycles. The molecule has 0 aliphatic rings. The van der Waals surface area contributed by atoms with Crippen LogP contribution in [0.5, 0.6) is 0 Å². The standard InChI is InChI=1S/C18H34O3/c1-15(2)14-16(3)12-10-8-6-5-7-9-11-13-18(20)21-17(4)19/h14,16,18,20H,5-13H2,1-4H3. The highest BCUT2D eigenvalue weighted by molar-refractivity contribution is 5.65. The molecule has 1 N–H and O–H groups in total. The summed E-state index contributed by atoms with van der Waals surface area (Å²) < 4.78 is 4.67. The molecule has 0 spiro atoms. The summed E-state index contributed by atoms with van der Waals surface area (Å²) in [6, 6.07) is 0. The Labute approximate surface area is 130 Å². The fourth-order valence-corrected chi connectivity index (χ4v) is 2.57. The normalized spacial score (nSPS) is 13.6. The van der Waals surface area contributed by atoms with Gasteiger partial charge in [-0.1, -0.05) is 57.1 Å². The van der Waals surface area contributed by atoms with Crippen LogP contribution in [0, 0.1) is 5.92 Å². The van der Waals surface area contributed by atoms with Crippen LogP contribution < -0.4 is 0 Å². The van der Waals surface area contributed by atoms with Gasteiger partial charge < -0.3 is 9.84 Å². The average molecular weight is 298 g/mol. The van der Waals surface area contributed by atoms with Crippen molar-refractivity contribution in [2.24, 2.45) is 5.92 Å². The average Bonchev–Trinajstić information content (AvgIpc) is 2.34. The lowest BCUT2D eigenvalue weighted by atomic mass is 10.00. The molecule has 0 aliphatic carbocycles. The number of allylic oxidation sites excluding steroid dienone is 2. The van der Waals surface area contributed by atoms with Crippen LogP contribution in [0.25, 0.3) is 0 Å². The van der Waals surface area contributed by atoms with Gasteiger partial charge >= 0.3 is 5.97 Å². The lowest BCUT2D eigenvalue weighted by Crippen LogP contribution is -2.14. The van der Waals surface area contributed by atoms with E-state index in [4.69, 9.17) is 0 Å². The van der Waals surface area contributed by atoms with Crippen molar-refractivity contribution in [3.05, 3.63) is 11.6 Å². The zero-order valence-electron chi connectivity index (χ0n) is 14.4. The van der Waals surface area contributed by atoms with E-state index in [-0.39, 0.29) is 0 Å². The summed E-state index contributed by atoms with van der Waals surface area (Å²) in [7, 11) is 0. The first-order valence-electron chi connectivity index (χ1n) is 8.42. The maximum Gasteiger partial charge on any atom is 0.304 e. The Morgan fingerprint density at radius 1 is 0.952 bits per heavy atom. The summed E-state index contributed by atoms with van der Waals surface area (Å²) in [6.45, 7) is 7.94. The van der Waals surface area contributed by atoms with Gasteiger partial charge in [0.05, 0.1) is 0 Å². The molecule has 3 heteroatoms. The van der Waals surface area contributed by atoms with Crippen LogP contribution >= 0.6 is 0 Å². The van der Waals surface area contributed by atoms with Crippen LogP contribution in [0.1, 0.15) is 85.5 Å². The molecule has 0 aromatic rings. The molecular formula is C18H34O3. The van der Waals surface area contributed by atoms with Gasteiger partial charge in [-0.05, 0) is 32.6 Å². The van der Waals surface area contributed by atoms with Crippen molar-refractivity contribution in [3.63, 3.8) is 0 Å². The predicted octanol–water partition coefficient (Wildman–Crippen LogP) is 4.98. The van der Waals surface area contributed by atoms with E-state index in [1.807, 2.05) is 0 Å². The Morgan fingerprint density at radius 3 is 1.90 bits per heavy atom. The molecule has 2 unspecified atom stereocenters. The number of aliphatic hydroxyl groups excluding tert-OH is 1. The quantitative estimate of drug-likeness (QED) is 0.239. The smallest absolute Gasteiger partial charge is 0.304 e. The monoisotopic (exact) mass is 298 g/mol. The number of rotatable bonds is 12. The minimum Gasteiger partial charge on any atom is -0.436 e. The molecule has 0 aromatic heterocycles. The number of hydrogen-bond acceptors (Lipinski definition) is 3. The van der Waals surface area contributed by atoms with Crippen molar-refractivity contribution in [3.8, 4) is 0 Å². The SMILES string of the molecule is CC(=O)OC(O)CCCCCCCCCC(C)C=C(C)C. The molecule has 21 heavy (non-hydrogen) atoms. The topological polar surface area (TPSA) is 46.5 Å². The maximum atomic E-state index is 10.6. The Morgan fingerprint density at radius 2 is 1.43 bits per heavy atom. The van der Waals surface area contributed by atoms with E-state index >= 15 is 0 Å². The molecule has 3 nitrogen and oxygen atoms in total. The lowest BCUT2D eigenvalue weighted by Gasteiger charge is -2.10. The van der Waals surface area contributed by atoms with Crippen LogP contribution in [0.15, 0.2) is 11.6 Å². The lowest BCUT2D eigenvalue weighted by molar-refractivity contribution is -0.165. The molecule has 0 rings (SSSR count). The van der Waals surface area contributed by atoms with Crippen LogP contribution in [0.4, 0.5) is 0 Å². The van der Waals surface area contributed by atoms with E-state index in [1.54, 1.807) is 0 Å². The van der Waals surface area contributed by atoms with Gasteiger partial charge in [-0.3, -0.25) is 4.79 Å². The van der Waals surface area contributed by atoms with Crippen molar-refractivity contribution in [2.75, 3.05) is 0 Å². The molecule has 124 valence electrons. The van der Waals surface area contributed by atoms with Gasteiger partial charge in [0.15, 0.2) is 0 Å². The zero-order valence-corrected chi connectivity index (χ0v) is 14.4. The van der Waals surface area contributed by atoms with E-state index in [0.29, 0.717) is 12.3 Å². The molecule has 0 saturated heterocycles. The number of unbranched alkanes of at least 4 members (excludes halogenated alkanes) is 6.